The van der Waals surface area contributed by atoms with E-state index < -0.39 is 0 Å². The molecule has 0 aromatic heterocycles. The first-order valence-electron chi connectivity index (χ1n) is 6.79. The molecule has 2 N–H and O–H groups in total. The third-order valence-electron chi connectivity index (χ3n) is 3.50. The molecule has 1 rings (SSSR count). The molecule has 0 heterocycles. The fourth-order valence-corrected chi connectivity index (χ4v) is 2.74. The molecule has 0 saturated carbocycles. The number of hydrogen-bond acceptors (Lipinski definition) is 1. The van der Waals surface area contributed by atoms with E-state index in [9.17, 15) is 0 Å². The quantitative estimate of drug-likeness (QED) is 0.617. The van der Waals surface area contributed by atoms with E-state index in [0.29, 0.717) is 0 Å². The van der Waals surface area contributed by atoms with E-state index in [1.54, 1.807) is 0 Å². The molecular formula is C15H23ClIN. The number of rotatable bonds is 7. The van der Waals surface area contributed by atoms with Gasteiger partial charge in [0.2, 0.25) is 0 Å². The second-order valence-electron chi connectivity index (χ2n) is 4.93. The van der Waals surface area contributed by atoms with Gasteiger partial charge in [0.15, 0.2) is 0 Å². The van der Waals surface area contributed by atoms with Crippen molar-refractivity contribution in [3.05, 3.63) is 32.4 Å². The molecular weight excluding hydrogens is 357 g/mol. The topological polar surface area (TPSA) is 26.0 Å². The Hall–Kier alpha value is 0.200. The summed E-state index contributed by atoms with van der Waals surface area (Å²) in [6.45, 7) is 4.50. The van der Waals surface area contributed by atoms with Crippen LogP contribution in [0.1, 0.15) is 57.6 Å². The van der Waals surface area contributed by atoms with Gasteiger partial charge in [-0.1, -0.05) is 57.2 Å². The molecule has 0 saturated heterocycles. The van der Waals surface area contributed by atoms with Crippen LogP contribution in [0.2, 0.25) is 5.02 Å². The maximum absolute atomic E-state index is 6.30. The number of halogens is 2. The van der Waals surface area contributed by atoms with E-state index in [1.165, 1.54) is 25.7 Å². The number of nitrogens with two attached hydrogens (primary N) is 1. The summed E-state index contributed by atoms with van der Waals surface area (Å²) in [7, 11) is 0. The van der Waals surface area contributed by atoms with E-state index >= 15 is 0 Å². The molecule has 0 aliphatic heterocycles. The lowest BCUT2D eigenvalue weighted by Gasteiger charge is -2.20. The van der Waals surface area contributed by atoms with Gasteiger partial charge in [-0.3, -0.25) is 0 Å². The fraction of sp³-hybridized carbons (Fsp3) is 0.600. The normalized spacial score (nSPS) is 14.5. The van der Waals surface area contributed by atoms with Gasteiger partial charge in [0.05, 0.1) is 5.02 Å². The summed E-state index contributed by atoms with van der Waals surface area (Å²) in [6.07, 6.45) is 6.14. The number of benzene rings is 1. The molecule has 0 aliphatic carbocycles. The van der Waals surface area contributed by atoms with Gasteiger partial charge in [-0.15, -0.1) is 0 Å². The zero-order valence-corrected chi connectivity index (χ0v) is 14.2. The highest BCUT2D eigenvalue weighted by molar-refractivity contribution is 14.1. The first-order chi connectivity index (χ1) is 8.58. The van der Waals surface area contributed by atoms with Crippen LogP contribution >= 0.6 is 34.2 Å². The Labute approximate surface area is 130 Å². The maximum Gasteiger partial charge on any atom is 0.0542 e. The predicted octanol–water partition coefficient (Wildman–Crippen LogP) is 5.55. The molecule has 0 amide bonds. The second-order valence-corrected chi connectivity index (χ2v) is 6.50. The number of hydrogen-bond donors (Lipinski definition) is 1. The molecule has 102 valence electrons. The van der Waals surface area contributed by atoms with Crippen molar-refractivity contribution >= 4 is 34.2 Å². The predicted molar refractivity (Wildman–Crippen MR) is 89.0 cm³/mol. The van der Waals surface area contributed by atoms with Gasteiger partial charge >= 0.3 is 0 Å². The van der Waals surface area contributed by atoms with E-state index in [0.717, 1.165) is 26.5 Å². The summed E-state index contributed by atoms with van der Waals surface area (Å²) < 4.78 is 1.09. The van der Waals surface area contributed by atoms with Gasteiger partial charge in [0, 0.05) is 9.61 Å². The molecule has 18 heavy (non-hydrogen) atoms. The Morgan fingerprint density at radius 2 is 2.06 bits per heavy atom. The Morgan fingerprint density at radius 3 is 2.61 bits per heavy atom. The zero-order valence-electron chi connectivity index (χ0n) is 11.3. The molecule has 0 radical (unpaired) electrons. The van der Waals surface area contributed by atoms with Crippen LogP contribution in [0, 0.1) is 9.49 Å². The van der Waals surface area contributed by atoms with Gasteiger partial charge < -0.3 is 5.73 Å². The maximum atomic E-state index is 6.30. The molecule has 1 aromatic carbocycles. The molecule has 1 nitrogen and oxygen atoms in total. The second kappa shape index (κ2) is 8.39. The average molecular weight is 380 g/mol. The minimum Gasteiger partial charge on any atom is -0.324 e. The molecule has 0 aliphatic rings. The van der Waals surface area contributed by atoms with Crippen molar-refractivity contribution < 1.29 is 0 Å². The third kappa shape index (κ3) is 5.06. The summed E-state index contributed by atoms with van der Waals surface area (Å²) in [5.74, 6) is 0.734. The van der Waals surface area contributed by atoms with Crippen LogP contribution < -0.4 is 5.73 Å². The Morgan fingerprint density at radius 1 is 1.33 bits per heavy atom. The smallest absolute Gasteiger partial charge is 0.0542 e. The van der Waals surface area contributed by atoms with Crippen LogP contribution in [0.3, 0.4) is 0 Å². The molecule has 0 bridgehead atoms. The average Bonchev–Trinajstić information content (AvgIpc) is 2.37. The fourth-order valence-electron chi connectivity index (χ4n) is 2.22. The minimum atomic E-state index is 0.112. The monoisotopic (exact) mass is 379 g/mol. The van der Waals surface area contributed by atoms with Crippen molar-refractivity contribution in [1.82, 2.24) is 0 Å². The van der Waals surface area contributed by atoms with E-state index in [4.69, 9.17) is 17.3 Å². The Balaban J connectivity index is 2.62. The molecule has 3 heteroatoms. The van der Waals surface area contributed by atoms with Gasteiger partial charge in [-0.2, -0.15) is 0 Å². The summed E-state index contributed by atoms with van der Waals surface area (Å²) in [5.41, 5.74) is 7.46. The van der Waals surface area contributed by atoms with Crippen molar-refractivity contribution in [1.29, 1.82) is 0 Å². The van der Waals surface area contributed by atoms with Crippen LogP contribution in [-0.2, 0) is 0 Å². The van der Waals surface area contributed by atoms with E-state index in [1.807, 2.05) is 12.1 Å². The van der Waals surface area contributed by atoms with E-state index in [2.05, 4.69) is 42.5 Å². The number of unbranched alkanes of at least 4 members (excludes halogenated alkanes) is 1. The lowest BCUT2D eigenvalue weighted by molar-refractivity contribution is 0.388. The van der Waals surface area contributed by atoms with E-state index in [-0.39, 0.29) is 6.04 Å². The largest absolute Gasteiger partial charge is 0.324 e. The Kier molecular flexibility index (Phi) is 7.57. The van der Waals surface area contributed by atoms with Gasteiger partial charge in [-0.25, -0.2) is 0 Å². The molecule has 2 unspecified atom stereocenters. The third-order valence-corrected chi connectivity index (χ3v) is 5.07. The summed E-state index contributed by atoms with van der Waals surface area (Å²) in [5, 5.41) is 0.810. The molecule has 2 atom stereocenters. The van der Waals surface area contributed by atoms with Crippen molar-refractivity contribution in [2.45, 2.75) is 52.0 Å². The van der Waals surface area contributed by atoms with Gasteiger partial charge in [0.25, 0.3) is 0 Å². The SMILES string of the molecule is CCCCC(CC)CC(N)c1ccc(I)c(Cl)c1. The molecule has 1 aromatic rings. The lowest BCUT2D eigenvalue weighted by Crippen LogP contribution is -2.15. The van der Waals surface area contributed by atoms with Crippen molar-refractivity contribution in [2.24, 2.45) is 11.7 Å². The van der Waals surface area contributed by atoms with Crippen LogP contribution in [0.25, 0.3) is 0 Å². The van der Waals surface area contributed by atoms with Crippen LogP contribution in [-0.4, -0.2) is 0 Å². The molecule has 0 spiro atoms. The highest BCUT2D eigenvalue weighted by Crippen LogP contribution is 2.28. The first-order valence-corrected chi connectivity index (χ1v) is 8.24. The van der Waals surface area contributed by atoms with Crippen molar-refractivity contribution in [3.8, 4) is 0 Å². The van der Waals surface area contributed by atoms with Crippen LogP contribution in [0.15, 0.2) is 18.2 Å². The summed E-state index contributed by atoms with van der Waals surface area (Å²) in [4.78, 5) is 0. The van der Waals surface area contributed by atoms with Gasteiger partial charge in [-0.05, 0) is 52.6 Å². The standard InChI is InChI=1S/C15H23ClIN/c1-3-5-6-11(4-2)9-15(18)12-7-8-14(17)13(16)10-12/h7-8,10-11,15H,3-6,9,18H2,1-2H3. The summed E-state index contributed by atoms with van der Waals surface area (Å²) in [6, 6.07) is 6.28. The van der Waals surface area contributed by atoms with Crippen molar-refractivity contribution in [2.75, 3.05) is 0 Å². The van der Waals surface area contributed by atoms with Crippen LogP contribution in [0.5, 0.6) is 0 Å². The summed E-state index contributed by atoms with van der Waals surface area (Å²) >= 11 is 8.39. The Bertz CT molecular complexity index is 368. The molecule has 0 fully saturated rings. The first kappa shape index (κ1) is 16.3. The van der Waals surface area contributed by atoms with Crippen molar-refractivity contribution in [3.63, 3.8) is 0 Å². The zero-order chi connectivity index (χ0) is 13.5. The van der Waals surface area contributed by atoms with Crippen LogP contribution in [0.4, 0.5) is 0 Å². The minimum absolute atomic E-state index is 0.112. The highest BCUT2D eigenvalue weighted by Gasteiger charge is 2.14. The van der Waals surface area contributed by atoms with Gasteiger partial charge in [0.1, 0.15) is 0 Å². The highest BCUT2D eigenvalue weighted by atomic mass is 127. The lowest BCUT2D eigenvalue weighted by atomic mass is 9.90.